The van der Waals surface area contributed by atoms with E-state index in [1.807, 2.05) is 6.92 Å². The molecule has 0 N–H and O–H groups in total. The second kappa shape index (κ2) is 6.39. The van der Waals surface area contributed by atoms with Crippen LogP contribution in [0.4, 0.5) is 5.69 Å². The van der Waals surface area contributed by atoms with Crippen LogP contribution in [0.1, 0.15) is 12.5 Å². The zero-order chi connectivity index (χ0) is 13.0. The molecule has 1 aromatic rings. The molecule has 0 amide bonds. The first kappa shape index (κ1) is 13.6. The Kier molecular flexibility index (Phi) is 4.84. The Bertz CT molecular complexity index is 421. The molecule has 1 saturated heterocycles. The first-order valence-corrected chi connectivity index (χ1v) is 7.22. The second-order valence-corrected chi connectivity index (χ2v) is 5.39. The fourth-order valence-electron chi connectivity index (χ4n) is 2.29. The summed E-state index contributed by atoms with van der Waals surface area (Å²) in [7, 11) is 0. The number of hydrogen-bond donors (Lipinski definition) is 0. The molecule has 3 heteroatoms. The lowest BCUT2D eigenvalue weighted by atomic mass is 10.1. The van der Waals surface area contributed by atoms with E-state index in [1.54, 1.807) is 0 Å². The third-order valence-electron chi connectivity index (χ3n) is 3.36. The van der Waals surface area contributed by atoms with E-state index in [0.29, 0.717) is 0 Å². The average molecular weight is 308 g/mol. The van der Waals surface area contributed by atoms with Crippen molar-refractivity contribution >= 4 is 27.7 Å². The van der Waals surface area contributed by atoms with E-state index in [9.17, 15) is 0 Å². The molecule has 0 saturated carbocycles. The van der Waals surface area contributed by atoms with Crippen molar-refractivity contribution in [1.29, 1.82) is 0 Å². The van der Waals surface area contributed by atoms with Crippen LogP contribution in [0.15, 0.2) is 28.7 Å². The van der Waals surface area contributed by atoms with E-state index in [2.05, 4.69) is 63.0 Å². The molecule has 0 unspecified atom stereocenters. The SMILES string of the molecule is [CH2]CN1CCN(c2ccc(/C=C/C)cc2Br)CC1. The zero-order valence-electron chi connectivity index (χ0n) is 10.9. The van der Waals surface area contributed by atoms with Crippen LogP contribution in [-0.4, -0.2) is 37.6 Å². The minimum absolute atomic E-state index is 0.912. The smallest absolute Gasteiger partial charge is 0.0511 e. The van der Waals surface area contributed by atoms with E-state index in [4.69, 9.17) is 0 Å². The van der Waals surface area contributed by atoms with Crippen LogP contribution >= 0.6 is 15.9 Å². The summed E-state index contributed by atoms with van der Waals surface area (Å²) in [4.78, 5) is 4.83. The molecule has 0 aromatic heterocycles. The molecule has 1 aliphatic rings. The maximum atomic E-state index is 3.95. The van der Waals surface area contributed by atoms with Gasteiger partial charge in [0, 0.05) is 30.7 Å². The Morgan fingerprint density at radius 1 is 1.28 bits per heavy atom. The van der Waals surface area contributed by atoms with Gasteiger partial charge in [0.15, 0.2) is 0 Å². The molecule has 2 rings (SSSR count). The number of anilines is 1. The van der Waals surface area contributed by atoms with Crippen LogP contribution in [0.3, 0.4) is 0 Å². The predicted molar refractivity (Wildman–Crippen MR) is 82.9 cm³/mol. The summed E-state index contributed by atoms with van der Waals surface area (Å²) in [5, 5.41) is 0. The highest BCUT2D eigenvalue weighted by molar-refractivity contribution is 9.10. The lowest BCUT2D eigenvalue weighted by molar-refractivity contribution is 0.283. The Labute approximate surface area is 118 Å². The molecule has 1 radical (unpaired) electrons. The Balaban J connectivity index is 2.10. The van der Waals surface area contributed by atoms with Crippen molar-refractivity contribution in [3.05, 3.63) is 41.2 Å². The normalized spacial score (nSPS) is 17.6. The summed E-state index contributed by atoms with van der Waals surface area (Å²) in [5.74, 6) is 0. The molecule has 2 nitrogen and oxygen atoms in total. The van der Waals surface area contributed by atoms with Crippen molar-refractivity contribution in [3.63, 3.8) is 0 Å². The molecule has 97 valence electrons. The molecule has 0 bridgehead atoms. The number of rotatable bonds is 3. The number of benzene rings is 1. The van der Waals surface area contributed by atoms with Gasteiger partial charge in [0.05, 0.1) is 5.69 Å². The number of allylic oxidation sites excluding steroid dienone is 1. The van der Waals surface area contributed by atoms with Gasteiger partial charge in [-0.15, -0.1) is 0 Å². The third kappa shape index (κ3) is 3.15. The zero-order valence-corrected chi connectivity index (χ0v) is 12.5. The standard InChI is InChI=1S/C15H20BrN2/c1-3-5-13-6-7-15(14(16)12-13)18-10-8-17(4-2)9-11-18/h3,5-7,12H,2,4,8-11H2,1H3/b5-3+. The van der Waals surface area contributed by atoms with Crippen LogP contribution < -0.4 is 4.90 Å². The summed E-state index contributed by atoms with van der Waals surface area (Å²) in [6.45, 7) is 11.3. The van der Waals surface area contributed by atoms with Gasteiger partial charge in [-0.1, -0.05) is 18.2 Å². The van der Waals surface area contributed by atoms with Crippen LogP contribution in [-0.2, 0) is 0 Å². The van der Waals surface area contributed by atoms with Gasteiger partial charge in [0.2, 0.25) is 0 Å². The molecular weight excluding hydrogens is 288 g/mol. The van der Waals surface area contributed by atoms with E-state index in [0.717, 1.165) is 32.7 Å². The lowest BCUT2D eigenvalue weighted by Crippen LogP contribution is -2.46. The van der Waals surface area contributed by atoms with Gasteiger partial charge in [-0.3, -0.25) is 4.90 Å². The molecule has 1 aliphatic heterocycles. The van der Waals surface area contributed by atoms with Crippen LogP contribution in [0, 0.1) is 6.92 Å². The first-order chi connectivity index (χ1) is 8.74. The largest absolute Gasteiger partial charge is 0.368 e. The molecule has 0 aliphatic carbocycles. The maximum Gasteiger partial charge on any atom is 0.0511 e. The minimum Gasteiger partial charge on any atom is -0.368 e. The highest BCUT2D eigenvalue weighted by Crippen LogP contribution is 2.28. The Morgan fingerprint density at radius 2 is 2.00 bits per heavy atom. The summed E-state index contributed by atoms with van der Waals surface area (Å²) in [5.41, 5.74) is 2.54. The highest BCUT2D eigenvalue weighted by atomic mass is 79.9. The maximum absolute atomic E-state index is 3.95. The van der Waals surface area contributed by atoms with Gasteiger partial charge in [-0.25, -0.2) is 0 Å². The monoisotopic (exact) mass is 307 g/mol. The molecule has 0 atom stereocenters. The Morgan fingerprint density at radius 3 is 2.56 bits per heavy atom. The number of piperazine rings is 1. The highest BCUT2D eigenvalue weighted by Gasteiger charge is 2.17. The lowest BCUT2D eigenvalue weighted by Gasteiger charge is -2.36. The fraction of sp³-hybridized carbons (Fsp3) is 0.400. The van der Waals surface area contributed by atoms with E-state index in [1.165, 1.54) is 15.7 Å². The van der Waals surface area contributed by atoms with E-state index >= 15 is 0 Å². The molecule has 1 aromatic carbocycles. The molecule has 1 fully saturated rings. The summed E-state index contributed by atoms with van der Waals surface area (Å²) >= 11 is 3.68. The van der Waals surface area contributed by atoms with Gasteiger partial charge in [0.25, 0.3) is 0 Å². The van der Waals surface area contributed by atoms with Gasteiger partial charge in [-0.2, -0.15) is 0 Å². The molecule has 18 heavy (non-hydrogen) atoms. The fourth-order valence-corrected chi connectivity index (χ4v) is 2.94. The van der Waals surface area contributed by atoms with Crippen LogP contribution in [0.2, 0.25) is 0 Å². The van der Waals surface area contributed by atoms with Gasteiger partial charge in [-0.05, 0) is 54.0 Å². The van der Waals surface area contributed by atoms with Crippen molar-refractivity contribution in [3.8, 4) is 0 Å². The van der Waals surface area contributed by atoms with Crippen LogP contribution in [0.5, 0.6) is 0 Å². The number of hydrogen-bond acceptors (Lipinski definition) is 2. The third-order valence-corrected chi connectivity index (χ3v) is 4.00. The van der Waals surface area contributed by atoms with Crippen molar-refractivity contribution in [2.45, 2.75) is 6.92 Å². The van der Waals surface area contributed by atoms with E-state index in [-0.39, 0.29) is 0 Å². The predicted octanol–water partition coefficient (Wildman–Crippen LogP) is 3.44. The van der Waals surface area contributed by atoms with Crippen molar-refractivity contribution in [1.82, 2.24) is 4.90 Å². The molecule has 0 spiro atoms. The number of halogens is 1. The van der Waals surface area contributed by atoms with Gasteiger partial charge < -0.3 is 4.90 Å². The van der Waals surface area contributed by atoms with Crippen LogP contribution in [0.25, 0.3) is 6.08 Å². The van der Waals surface area contributed by atoms with Gasteiger partial charge >= 0.3 is 0 Å². The van der Waals surface area contributed by atoms with Gasteiger partial charge in [0.1, 0.15) is 0 Å². The van der Waals surface area contributed by atoms with Crippen molar-refractivity contribution in [2.24, 2.45) is 0 Å². The average Bonchev–Trinajstić information content (AvgIpc) is 2.40. The summed E-state index contributed by atoms with van der Waals surface area (Å²) in [6.07, 6.45) is 4.18. The van der Waals surface area contributed by atoms with Crippen molar-refractivity contribution < 1.29 is 0 Å². The minimum atomic E-state index is 0.912. The first-order valence-electron chi connectivity index (χ1n) is 6.43. The summed E-state index contributed by atoms with van der Waals surface area (Å²) < 4.78 is 1.18. The quantitative estimate of drug-likeness (QED) is 0.844. The van der Waals surface area contributed by atoms with Crippen molar-refractivity contribution in [2.75, 3.05) is 37.6 Å². The summed E-state index contributed by atoms with van der Waals surface area (Å²) in [6, 6.07) is 6.57. The second-order valence-electron chi connectivity index (χ2n) is 4.54. The number of nitrogens with zero attached hydrogens (tertiary/aromatic N) is 2. The molecule has 1 heterocycles. The Hall–Kier alpha value is -0.800. The van der Waals surface area contributed by atoms with E-state index < -0.39 is 0 Å². The topological polar surface area (TPSA) is 6.48 Å². The molecular formula is C15H20BrN2.